The summed E-state index contributed by atoms with van der Waals surface area (Å²) in [6, 6.07) is 22.0. The van der Waals surface area contributed by atoms with E-state index in [1.807, 2.05) is 65.3 Å². The zero-order valence-corrected chi connectivity index (χ0v) is 23.8. The Morgan fingerprint density at radius 1 is 0.900 bits per heavy atom. The third-order valence-electron chi connectivity index (χ3n) is 7.83. The van der Waals surface area contributed by atoms with Gasteiger partial charge in [0.15, 0.2) is 0 Å². The third-order valence-corrected chi connectivity index (χ3v) is 8.08. The number of fused-ring (bicyclic) bond motifs is 1. The molecule has 3 aromatic rings. The Kier molecular flexibility index (Phi) is 8.12. The van der Waals surface area contributed by atoms with Gasteiger partial charge in [-0.05, 0) is 73.5 Å². The van der Waals surface area contributed by atoms with E-state index in [1.54, 1.807) is 43.0 Å². The van der Waals surface area contributed by atoms with Gasteiger partial charge in [0, 0.05) is 67.8 Å². The van der Waals surface area contributed by atoms with Crippen LogP contribution < -0.4 is 14.5 Å². The first-order valence-corrected chi connectivity index (χ1v) is 14.1. The predicted molar refractivity (Wildman–Crippen MR) is 157 cm³/mol. The van der Waals surface area contributed by atoms with Crippen molar-refractivity contribution < 1.29 is 19.1 Å². The average molecular weight is 560 g/mol. The van der Waals surface area contributed by atoms with E-state index in [2.05, 4.69) is 0 Å². The number of rotatable bonds is 5. The number of hydrogen-bond acceptors (Lipinski definition) is 4. The smallest absolute Gasteiger partial charge is 0.258 e. The largest absolute Gasteiger partial charge is 0.490 e. The Bertz CT molecular complexity index is 1380. The summed E-state index contributed by atoms with van der Waals surface area (Å²) in [7, 11) is 0. The molecule has 2 atom stereocenters. The molecule has 0 aliphatic carbocycles. The summed E-state index contributed by atoms with van der Waals surface area (Å²) in [4.78, 5) is 43.8. The molecule has 0 spiro atoms. The summed E-state index contributed by atoms with van der Waals surface area (Å²) >= 11 is 6.10. The molecule has 2 aliphatic rings. The Morgan fingerprint density at radius 3 is 2.17 bits per heavy atom. The summed E-state index contributed by atoms with van der Waals surface area (Å²) in [5, 5.41) is 0.608. The first-order valence-electron chi connectivity index (χ1n) is 13.7. The quantitative estimate of drug-likeness (QED) is 0.370. The molecule has 0 aromatic heterocycles. The Balaban J connectivity index is 1.35. The van der Waals surface area contributed by atoms with E-state index < -0.39 is 0 Å². The van der Waals surface area contributed by atoms with Gasteiger partial charge in [-0.1, -0.05) is 29.8 Å². The van der Waals surface area contributed by atoms with Crippen molar-refractivity contribution >= 4 is 40.7 Å². The van der Waals surface area contributed by atoms with Gasteiger partial charge in [-0.15, -0.1) is 0 Å². The Morgan fingerprint density at radius 2 is 1.55 bits per heavy atom. The van der Waals surface area contributed by atoms with E-state index >= 15 is 0 Å². The van der Waals surface area contributed by atoms with Crippen molar-refractivity contribution in [2.45, 2.75) is 58.2 Å². The van der Waals surface area contributed by atoms with Crippen LogP contribution in [0.3, 0.4) is 0 Å². The van der Waals surface area contributed by atoms with Crippen LogP contribution in [-0.4, -0.2) is 47.9 Å². The number of anilines is 2. The number of piperidine rings is 1. The fourth-order valence-corrected chi connectivity index (χ4v) is 5.94. The Hall–Kier alpha value is -3.84. The monoisotopic (exact) mass is 559 g/mol. The maximum atomic E-state index is 13.8. The van der Waals surface area contributed by atoms with Crippen LogP contribution in [0.2, 0.25) is 5.02 Å². The fourth-order valence-electron chi connectivity index (χ4n) is 5.81. The van der Waals surface area contributed by atoms with Gasteiger partial charge in [0.1, 0.15) is 11.9 Å². The van der Waals surface area contributed by atoms with Crippen LogP contribution in [0.4, 0.5) is 11.4 Å². The summed E-state index contributed by atoms with van der Waals surface area (Å²) in [5.74, 6) is 0.641. The molecular weight excluding hydrogens is 526 g/mol. The van der Waals surface area contributed by atoms with Gasteiger partial charge in [0.05, 0.1) is 6.04 Å². The second-order valence-corrected chi connectivity index (χ2v) is 11.0. The molecular formula is C32H34ClN3O4. The molecule has 7 nitrogen and oxygen atoms in total. The van der Waals surface area contributed by atoms with Gasteiger partial charge in [-0.25, -0.2) is 0 Å². The lowest BCUT2D eigenvalue weighted by Gasteiger charge is -2.43. The molecule has 0 radical (unpaired) electrons. The van der Waals surface area contributed by atoms with Crippen LogP contribution in [-0.2, 0) is 9.59 Å². The van der Waals surface area contributed by atoms with Gasteiger partial charge in [0.2, 0.25) is 11.8 Å². The lowest BCUT2D eigenvalue weighted by Crippen LogP contribution is -2.47. The second-order valence-electron chi connectivity index (χ2n) is 10.5. The highest BCUT2D eigenvalue weighted by Gasteiger charge is 2.38. The van der Waals surface area contributed by atoms with Gasteiger partial charge in [0.25, 0.3) is 5.91 Å². The summed E-state index contributed by atoms with van der Waals surface area (Å²) in [6.07, 6.45) is 2.21. The lowest BCUT2D eigenvalue weighted by atomic mass is 9.89. The molecule has 0 bridgehead atoms. The highest BCUT2D eigenvalue weighted by Crippen LogP contribution is 2.43. The van der Waals surface area contributed by atoms with Crippen molar-refractivity contribution in [1.29, 1.82) is 0 Å². The predicted octanol–water partition coefficient (Wildman–Crippen LogP) is 6.26. The van der Waals surface area contributed by atoms with Gasteiger partial charge in [-0.3, -0.25) is 14.4 Å². The van der Waals surface area contributed by atoms with Crippen LogP contribution in [0.15, 0.2) is 72.8 Å². The van der Waals surface area contributed by atoms with Crippen molar-refractivity contribution in [3.05, 3.63) is 88.9 Å². The van der Waals surface area contributed by atoms with Crippen LogP contribution >= 0.6 is 11.6 Å². The summed E-state index contributed by atoms with van der Waals surface area (Å²) in [5.41, 5.74) is 3.07. The van der Waals surface area contributed by atoms with E-state index in [1.165, 1.54) is 0 Å². The molecule has 1 fully saturated rings. The zero-order chi connectivity index (χ0) is 28.4. The van der Waals surface area contributed by atoms with E-state index in [9.17, 15) is 14.4 Å². The van der Waals surface area contributed by atoms with Crippen molar-refractivity contribution in [2.24, 2.45) is 0 Å². The van der Waals surface area contributed by atoms with Gasteiger partial charge >= 0.3 is 0 Å². The number of amides is 3. The first-order chi connectivity index (χ1) is 19.2. The van der Waals surface area contributed by atoms with Crippen molar-refractivity contribution in [1.82, 2.24) is 4.90 Å². The van der Waals surface area contributed by atoms with Crippen molar-refractivity contribution in [2.75, 3.05) is 22.9 Å². The maximum Gasteiger partial charge on any atom is 0.258 e. The third kappa shape index (κ3) is 5.70. The number of carbonyl (C=O) groups is 3. The van der Waals surface area contributed by atoms with Crippen molar-refractivity contribution in [3.63, 3.8) is 0 Å². The number of para-hydroxylation sites is 1. The summed E-state index contributed by atoms with van der Waals surface area (Å²) in [6.45, 7) is 6.57. The van der Waals surface area contributed by atoms with Gasteiger partial charge in [-0.2, -0.15) is 0 Å². The molecule has 3 aromatic carbocycles. The molecule has 2 unspecified atom stereocenters. The fraction of sp³-hybridized carbons (Fsp3) is 0.344. The molecule has 2 heterocycles. The molecule has 5 rings (SSSR count). The molecule has 208 valence electrons. The number of likely N-dealkylation sites (tertiary alicyclic amines) is 1. The molecule has 2 aliphatic heterocycles. The minimum Gasteiger partial charge on any atom is -0.490 e. The first kappa shape index (κ1) is 27.7. The minimum absolute atomic E-state index is 0.0490. The zero-order valence-electron chi connectivity index (χ0n) is 23.0. The van der Waals surface area contributed by atoms with Crippen LogP contribution in [0.1, 0.15) is 62.0 Å². The number of carbonyl (C=O) groups excluding carboxylic acids is 3. The molecule has 1 saturated heterocycles. The van der Waals surface area contributed by atoms with Crippen molar-refractivity contribution in [3.8, 4) is 5.75 Å². The normalized spacial score (nSPS) is 19.1. The molecule has 3 amide bonds. The maximum absolute atomic E-state index is 13.8. The number of benzene rings is 3. The number of hydrogen-bond donors (Lipinski definition) is 0. The molecule has 8 heteroatoms. The number of nitrogens with zero attached hydrogens (tertiary/aromatic N) is 3. The van der Waals surface area contributed by atoms with E-state index in [0.29, 0.717) is 35.8 Å². The summed E-state index contributed by atoms with van der Waals surface area (Å²) < 4.78 is 6.14. The Labute approximate surface area is 240 Å². The van der Waals surface area contributed by atoms with Gasteiger partial charge < -0.3 is 19.4 Å². The highest BCUT2D eigenvalue weighted by molar-refractivity contribution is 6.30. The van der Waals surface area contributed by atoms with E-state index in [0.717, 1.165) is 29.8 Å². The van der Waals surface area contributed by atoms with Crippen LogP contribution in [0.5, 0.6) is 5.75 Å². The SMILES string of the molecule is CC(=O)N1CCC(Oc2ccc(C(=O)N3c4ccccc4C(N(C(C)=O)c4ccc(Cl)cc4)CC3C)cc2)CC1. The molecule has 0 N–H and O–H groups in total. The number of ether oxygens (including phenoxy) is 1. The molecule has 40 heavy (non-hydrogen) atoms. The van der Waals surface area contributed by atoms with E-state index in [4.69, 9.17) is 16.3 Å². The molecule has 0 saturated carbocycles. The van der Waals surface area contributed by atoms with Crippen LogP contribution in [0, 0.1) is 0 Å². The highest BCUT2D eigenvalue weighted by atomic mass is 35.5. The van der Waals surface area contributed by atoms with E-state index in [-0.39, 0.29) is 35.9 Å². The standard InChI is InChI=1S/C32H34ClN3O4/c1-21-20-31(36(23(3)38)26-12-10-25(33)11-13-26)29-6-4-5-7-30(29)35(21)32(39)24-8-14-27(15-9-24)40-28-16-18-34(19-17-28)22(2)37/h4-15,21,28,31H,16-20H2,1-3H3. The lowest BCUT2D eigenvalue weighted by molar-refractivity contribution is -0.130. The second kappa shape index (κ2) is 11.7. The average Bonchev–Trinajstić information content (AvgIpc) is 2.94. The minimum atomic E-state index is -0.223. The topological polar surface area (TPSA) is 70.2 Å². The van der Waals surface area contributed by atoms with Crippen LogP contribution in [0.25, 0.3) is 0 Å². The number of halogens is 1.